The van der Waals surface area contributed by atoms with Crippen LogP contribution in [0, 0.1) is 11.8 Å². The fourth-order valence-electron chi connectivity index (χ4n) is 3.63. The van der Waals surface area contributed by atoms with Crippen LogP contribution in [0.4, 0.5) is 4.79 Å². The number of aliphatic carboxylic acids is 1. The maximum Gasteiger partial charge on any atom is 0.407 e. The van der Waals surface area contributed by atoms with Gasteiger partial charge in [-0.3, -0.25) is 4.79 Å². The molecular formula is C24H24N2O5. The Labute approximate surface area is 180 Å². The molecule has 0 saturated carbocycles. The lowest BCUT2D eigenvalue weighted by atomic mass is 9.98. The van der Waals surface area contributed by atoms with Gasteiger partial charge >= 0.3 is 12.1 Å². The van der Waals surface area contributed by atoms with Gasteiger partial charge in [0.05, 0.1) is 6.54 Å². The molecule has 0 unspecified atom stereocenters. The highest BCUT2D eigenvalue weighted by Crippen LogP contribution is 2.44. The van der Waals surface area contributed by atoms with Gasteiger partial charge in [0.2, 0.25) is 0 Å². The second-order valence-electron chi connectivity index (χ2n) is 7.13. The number of fused-ring (bicyclic) bond motifs is 3. The number of carbonyl (C=O) groups is 3. The van der Waals surface area contributed by atoms with Crippen LogP contribution in [0.25, 0.3) is 11.1 Å². The van der Waals surface area contributed by atoms with Gasteiger partial charge in [-0.05, 0) is 34.6 Å². The quantitative estimate of drug-likeness (QED) is 0.598. The molecule has 0 saturated heterocycles. The number of alkyl carbamates (subject to hydrolysis) is 1. The van der Waals surface area contributed by atoms with Crippen LogP contribution in [0.2, 0.25) is 0 Å². The number of ether oxygens (including phenoxy) is 1. The predicted octanol–water partition coefficient (Wildman–Crippen LogP) is 2.90. The van der Waals surface area contributed by atoms with Gasteiger partial charge < -0.3 is 20.5 Å². The van der Waals surface area contributed by atoms with Gasteiger partial charge in [0.15, 0.2) is 0 Å². The largest absolute Gasteiger partial charge is 0.480 e. The van der Waals surface area contributed by atoms with E-state index in [2.05, 4.69) is 34.6 Å². The lowest BCUT2D eigenvalue weighted by Gasteiger charge is -2.14. The molecule has 1 aliphatic rings. The summed E-state index contributed by atoms with van der Waals surface area (Å²) in [6, 6.07) is 15.1. The van der Waals surface area contributed by atoms with Crippen LogP contribution in [0.3, 0.4) is 0 Å². The molecule has 160 valence electrons. The van der Waals surface area contributed by atoms with Crippen molar-refractivity contribution in [2.45, 2.75) is 31.7 Å². The van der Waals surface area contributed by atoms with E-state index in [1.807, 2.05) is 43.3 Å². The number of amides is 2. The van der Waals surface area contributed by atoms with E-state index in [1.54, 1.807) is 0 Å². The van der Waals surface area contributed by atoms with Crippen LogP contribution in [0.1, 0.15) is 36.8 Å². The Morgan fingerprint density at radius 1 is 1.06 bits per heavy atom. The van der Waals surface area contributed by atoms with E-state index in [0.29, 0.717) is 12.8 Å². The first-order valence-corrected chi connectivity index (χ1v) is 10.1. The van der Waals surface area contributed by atoms with Gasteiger partial charge in [0.25, 0.3) is 5.91 Å². The summed E-state index contributed by atoms with van der Waals surface area (Å²) in [6.07, 6.45) is 0.306. The van der Waals surface area contributed by atoms with Crippen LogP contribution >= 0.6 is 0 Å². The molecule has 3 N–H and O–H groups in total. The molecule has 2 amide bonds. The number of hydrogen-bond acceptors (Lipinski definition) is 4. The first-order chi connectivity index (χ1) is 15.0. The van der Waals surface area contributed by atoms with Crippen molar-refractivity contribution in [2.24, 2.45) is 0 Å². The van der Waals surface area contributed by atoms with Gasteiger partial charge in [0.1, 0.15) is 12.6 Å². The van der Waals surface area contributed by atoms with Crippen molar-refractivity contribution in [2.75, 3.05) is 13.2 Å². The molecule has 0 heterocycles. The third-order valence-electron chi connectivity index (χ3n) is 5.05. The zero-order chi connectivity index (χ0) is 22.2. The SMILES string of the molecule is CCC[C@@H](NC(=O)C#CCNC(=O)OCC1c2ccccc2-c2ccccc21)C(=O)O. The lowest BCUT2D eigenvalue weighted by Crippen LogP contribution is -2.40. The Morgan fingerprint density at radius 3 is 2.26 bits per heavy atom. The summed E-state index contributed by atoms with van der Waals surface area (Å²) in [5.41, 5.74) is 4.53. The second-order valence-corrected chi connectivity index (χ2v) is 7.13. The highest BCUT2D eigenvalue weighted by molar-refractivity contribution is 5.96. The van der Waals surface area contributed by atoms with E-state index in [-0.39, 0.29) is 19.1 Å². The summed E-state index contributed by atoms with van der Waals surface area (Å²) in [6.45, 7) is 1.92. The van der Waals surface area contributed by atoms with Crippen LogP contribution in [0.5, 0.6) is 0 Å². The fourth-order valence-corrected chi connectivity index (χ4v) is 3.63. The van der Waals surface area contributed by atoms with Gasteiger partial charge in [-0.15, -0.1) is 0 Å². The number of nitrogens with one attached hydrogen (secondary N) is 2. The summed E-state index contributed by atoms with van der Waals surface area (Å²) in [5, 5.41) is 13.8. The molecule has 0 fully saturated rings. The van der Waals surface area contributed by atoms with E-state index < -0.39 is 24.0 Å². The summed E-state index contributed by atoms with van der Waals surface area (Å²) >= 11 is 0. The monoisotopic (exact) mass is 420 g/mol. The normalized spacial score (nSPS) is 12.5. The molecule has 0 radical (unpaired) electrons. The molecule has 1 atom stereocenters. The zero-order valence-electron chi connectivity index (χ0n) is 17.2. The third-order valence-corrected chi connectivity index (χ3v) is 5.05. The summed E-state index contributed by atoms with van der Waals surface area (Å²) in [7, 11) is 0. The molecule has 0 bridgehead atoms. The van der Waals surface area contributed by atoms with E-state index >= 15 is 0 Å². The highest BCUT2D eigenvalue weighted by Gasteiger charge is 2.28. The van der Waals surface area contributed by atoms with Gasteiger partial charge in [-0.1, -0.05) is 67.8 Å². The van der Waals surface area contributed by atoms with Gasteiger partial charge in [-0.2, -0.15) is 0 Å². The summed E-state index contributed by atoms with van der Waals surface area (Å²) in [5.74, 6) is 2.92. The molecule has 2 aromatic carbocycles. The van der Waals surface area contributed by atoms with E-state index in [1.165, 1.54) is 0 Å². The Bertz CT molecular complexity index is 992. The van der Waals surface area contributed by atoms with Crippen molar-refractivity contribution in [3.05, 3.63) is 59.7 Å². The molecule has 1 aliphatic carbocycles. The predicted molar refractivity (Wildman–Crippen MR) is 115 cm³/mol. The number of hydrogen-bond donors (Lipinski definition) is 3. The third kappa shape index (κ3) is 5.43. The van der Waals surface area contributed by atoms with Gasteiger partial charge in [-0.25, -0.2) is 9.59 Å². The van der Waals surface area contributed by atoms with Crippen molar-refractivity contribution in [1.29, 1.82) is 0 Å². The van der Waals surface area contributed by atoms with Crippen molar-refractivity contribution in [3.63, 3.8) is 0 Å². The average Bonchev–Trinajstić information content (AvgIpc) is 3.09. The van der Waals surface area contributed by atoms with E-state index in [0.717, 1.165) is 22.3 Å². The van der Waals surface area contributed by atoms with Crippen LogP contribution in [0.15, 0.2) is 48.5 Å². The maximum atomic E-state index is 12.0. The van der Waals surface area contributed by atoms with Crippen molar-refractivity contribution < 1.29 is 24.2 Å². The summed E-state index contributed by atoms with van der Waals surface area (Å²) in [4.78, 5) is 34.8. The zero-order valence-corrected chi connectivity index (χ0v) is 17.2. The number of rotatable bonds is 7. The Balaban J connectivity index is 1.49. The first kappa shape index (κ1) is 21.9. The number of carboxylic acid groups (broad SMARTS) is 1. The Kier molecular flexibility index (Phi) is 7.28. The minimum atomic E-state index is -1.10. The van der Waals surface area contributed by atoms with E-state index in [4.69, 9.17) is 9.84 Å². The maximum absolute atomic E-state index is 12.0. The molecule has 3 rings (SSSR count). The Hall–Kier alpha value is -3.79. The number of carboxylic acids is 1. The molecule has 7 heteroatoms. The highest BCUT2D eigenvalue weighted by atomic mass is 16.5. The average molecular weight is 420 g/mol. The molecule has 0 aliphatic heterocycles. The van der Waals surface area contributed by atoms with Crippen LogP contribution in [-0.2, 0) is 14.3 Å². The van der Waals surface area contributed by atoms with Crippen LogP contribution in [-0.4, -0.2) is 42.3 Å². The lowest BCUT2D eigenvalue weighted by molar-refractivity contribution is -0.141. The number of benzene rings is 2. The smallest absolute Gasteiger partial charge is 0.407 e. The summed E-state index contributed by atoms with van der Waals surface area (Å²) < 4.78 is 5.38. The van der Waals surface area contributed by atoms with Crippen molar-refractivity contribution in [1.82, 2.24) is 10.6 Å². The number of carbonyl (C=O) groups excluding carboxylic acids is 2. The van der Waals surface area contributed by atoms with Crippen LogP contribution < -0.4 is 10.6 Å². The minimum absolute atomic E-state index is 0.0403. The molecule has 2 aromatic rings. The van der Waals surface area contributed by atoms with Gasteiger partial charge in [0, 0.05) is 5.92 Å². The first-order valence-electron chi connectivity index (χ1n) is 10.1. The van der Waals surface area contributed by atoms with E-state index in [9.17, 15) is 14.4 Å². The molecule has 7 nitrogen and oxygen atoms in total. The molecule has 0 spiro atoms. The molecule has 0 aromatic heterocycles. The minimum Gasteiger partial charge on any atom is -0.480 e. The molecule has 31 heavy (non-hydrogen) atoms. The Morgan fingerprint density at radius 2 is 1.68 bits per heavy atom. The fraction of sp³-hybridized carbons (Fsp3) is 0.292. The standard InChI is InChI=1S/C24H24N2O5/c1-2-8-21(23(28)29)26-22(27)13-7-14-25-24(30)31-15-20-18-11-5-3-9-16(18)17-10-4-6-12-19(17)20/h3-6,9-12,20-21H,2,8,14-15H2,1H3,(H,25,30)(H,26,27)(H,28,29)/t21-/m1/s1. The van der Waals surface area contributed by atoms with Crippen molar-refractivity contribution >= 4 is 18.0 Å². The second kappa shape index (κ2) is 10.3. The molecular weight excluding hydrogens is 396 g/mol. The topological polar surface area (TPSA) is 105 Å². The van der Waals surface area contributed by atoms with Crippen molar-refractivity contribution in [3.8, 4) is 23.0 Å².